The molecular formula is C23H23F3N2O2. The molecule has 0 saturated heterocycles. The van der Waals surface area contributed by atoms with Gasteiger partial charge in [-0.1, -0.05) is 62.7 Å². The van der Waals surface area contributed by atoms with E-state index < -0.39 is 17.7 Å². The van der Waals surface area contributed by atoms with E-state index in [0.717, 1.165) is 11.6 Å². The van der Waals surface area contributed by atoms with E-state index in [2.05, 4.69) is 5.10 Å². The second kappa shape index (κ2) is 8.73. The fourth-order valence-electron chi connectivity index (χ4n) is 3.65. The molecule has 0 fully saturated rings. The molecule has 1 heterocycles. The van der Waals surface area contributed by atoms with Gasteiger partial charge in [-0.3, -0.25) is 0 Å². The molecule has 0 saturated carbocycles. The van der Waals surface area contributed by atoms with E-state index in [1.54, 1.807) is 0 Å². The van der Waals surface area contributed by atoms with Crippen molar-refractivity contribution in [2.45, 2.75) is 45.2 Å². The Kier molecular flexibility index (Phi) is 6.29. The molecule has 30 heavy (non-hydrogen) atoms. The maximum atomic E-state index is 13.6. The van der Waals surface area contributed by atoms with E-state index in [-0.39, 0.29) is 22.9 Å². The summed E-state index contributed by atoms with van der Waals surface area (Å²) in [5, 5.41) is 14.3. The van der Waals surface area contributed by atoms with Gasteiger partial charge in [-0.25, -0.2) is 9.48 Å². The van der Waals surface area contributed by atoms with Crippen LogP contribution in [0.25, 0.3) is 5.69 Å². The highest BCUT2D eigenvalue weighted by molar-refractivity contribution is 5.90. The number of hydrogen-bond donors (Lipinski definition) is 1. The molecule has 0 aliphatic heterocycles. The summed E-state index contributed by atoms with van der Waals surface area (Å²) < 4.78 is 41.9. The Bertz CT molecular complexity index is 1030. The molecule has 158 valence electrons. The molecule has 0 amide bonds. The molecule has 1 aromatic heterocycles. The van der Waals surface area contributed by atoms with E-state index in [1.165, 1.54) is 22.9 Å². The fourth-order valence-corrected chi connectivity index (χ4v) is 3.65. The predicted molar refractivity (Wildman–Crippen MR) is 108 cm³/mol. The largest absolute Gasteiger partial charge is 0.478 e. The number of aromatic nitrogens is 2. The molecule has 1 N–H and O–H groups in total. The van der Waals surface area contributed by atoms with Crippen LogP contribution in [0.15, 0.2) is 54.6 Å². The molecule has 0 bridgehead atoms. The van der Waals surface area contributed by atoms with Gasteiger partial charge in [0.05, 0.1) is 22.6 Å². The molecule has 0 aliphatic carbocycles. The predicted octanol–water partition coefficient (Wildman–Crippen LogP) is 5.89. The quantitative estimate of drug-likeness (QED) is 0.523. The highest BCUT2D eigenvalue weighted by Gasteiger charge is 2.35. The standard InChI is InChI=1S/C23H23F3N2O2/c1-3-9-20-21(22(29)30)18(14-15(2)16-10-5-4-6-11-16)27-28(20)19-13-8-7-12-17(19)23(24,25)26/h4-8,10-13,15H,3,9,14H2,1-2H3,(H,29,30). The fraction of sp³-hybridized carbons (Fsp3) is 0.304. The minimum absolute atomic E-state index is 0.00314. The molecule has 1 atom stereocenters. The van der Waals surface area contributed by atoms with Crippen molar-refractivity contribution in [2.24, 2.45) is 0 Å². The lowest BCUT2D eigenvalue weighted by atomic mass is 9.94. The van der Waals surface area contributed by atoms with Crippen LogP contribution in [0, 0.1) is 0 Å². The topological polar surface area (TPSA) is 55.1 Å². The summed E-state index contributed by atoms with van der Waals surface area (Å²) in [6.45, 7) is 3.80. The molecular weight excluding hydrogens is 393 g/mol. The summed E-state index contributed by atoms with van der Waals surface area (Å²) in [5.74, 6) is -1.22. The lowest BCUT2D eigenvalue weighted by molar-refractivity contribution is -0.137. The third kappa shape index (κ3) is 4.40. The summed E-state index contributed by atoms with van der Waals surface area (Å²) >= 11 is 0. The maximum absolute atomic E-state index is 13.6. The number of hydrogen-bond acceptors (Lipinski definition) is 2. The number of benzene rings is 2. The Morgan fingerprint density at radius 2 is 1.73 bits per heavy atom. The number of carbonyl (C=O) groups is 1. The monoisotopic (exact) mass is 416 g/mol. The van der Waals surface area contributed by atoms with Crippen molar-refractivity contribution in [2.75, 3.05) is 0 Å². The summed E-state index contributed by atoms with van der Waals surface area (Å²) in [6.07, 6.45) is -3.38. The van der Waals surface area contributed by atoms with Crippen LogP contribution < -0.4 is 0 Å². The normalized spacial score (nSPS) is 12.7. The first-order valence-electron chi connectivity index (χ1n) is 9.79. The first kappa shape index (κ1) is 21.6. The Labute approximate surface area is 173 Å². The zero-order valence-corrected chi connectivity index (χ0v) is 16.8. The maximum Gasteiger partial charge on any atom is 0.418 e. The number of alkyl halides is 3. The number of nitrogens with zero attached hydrogens (tertiary/aromatic N) is 2. The molecule has 4 nitrogen and oxygen atoms in total. The lowest BCUT2D eigenvalue weighted by Gasteiger charge is -2.14. The van der Waals surface area contributed by atoms with Crippen LogP contribution >= 0.6 is 0 Å². The van der Waals surface area contributed by atoms with Gasteiger partial charge in [0, 0.05) is 0 Å². The van der Waals surface area contributed by atoms with Crippen LogP contribution in [0.5, 0.6) is 0 Å². The Hall–Kier alpha value is -3.09. The van der Waals surface area contributed by atoms with Crippen molar-refractivity contribution in [3.8, 4) is 5.69 Å². The molecule has 2 aromatic carbocycles. The van der Waals surface area contributed by atoms with E-state index in [9.17, 15) is 23.1 Å². The Morgan fingerprint density at radius 3 is 2.33 bits per heavy atom. The SMILES string of the molecule is CCCc1c(C(=O)O)c(CC(C)c2ccccc2)nn1-c1ccccc1C(F)(F)F. The van der Waals surface area contributed by atoms with Crippen molar-refractivity contribution in [3.05, 3.63) is 82.7 Å². The van der Waals surface area contributed by atoms with Gasteiger partial charge in [0.15, 0.2) is 0 Å². The van der Waals surface area contributed by atoms with Crippen LogP contribution in [0.3, 0.4) is 0 Å². The molecule has 0 spiro atoms. The van der Waals surface area contributed by atoms with Crippen molar-refractivity contribution in [1.29, 1.82) is 0 Å². The summed E-state index contributed by atoms with van der Waals surface area (Å²) in [7, 11) is 0. The molecule has 3 rings (SSSR count). The average Bonchev–Trinajstić information content (AvgIpc) is 3.06. The number of rotatable bonds is 7. The van der Waals surface area contributed by atoms with Gasteiger partial charge in [-0.15, -0.1) is 0 Å². The van der Waals surface area contributed by atoms with Crippen molar-refractivity contribution in [1.82, 2.24) is 9.78 Å². The smallest absolute Gasteiger partial charge is 0.418 e. The van der Waals surface area contributed by atoms with E-state index in [0.29, 0.717) is 25.0 Å². The van der Waals surface area contributed by atoms with Gasteiger partial charge in [0.2, 0.25) is 0 Å². The van der Waals surface area contributed by atoms with Crippen LogP contribution in [-0.4, -0.2) is 20.9 Å². The minimum atomic E-state index is -4.58. The molecule has 3 aromatic rings. The first-order valence-corrected chi connectivity index (χ1v) is 9.79. The number of para-hydroxylation sites is 1. The van der Waals surface area contributed by atoms with Gasteiger partial charge < -0.3 is 5.11 Å². The molecule has 0 radical (unpaired) electrons. The Balaban J connectivity index is 2.16. The molecule has 0 aliphatic rings. The van der Waals surface area contributed by atoms with Crippen molar-refractivity contribution in [3.63, 3.8) is 0 Å². The second-order valence-corrected chi connectivity index (χ2v) is 7.27. The lowest BCUT2D eigenvalue weighted by Crippen LogP contribution is -2.14. The van der Waals surface area contributed by atoms with Gasteiger partial charge in [0.25, 0.3) is 0 Å². The highest BCUT2D eigenvalue weighted by Crippen LogP contribution is 2.35. The van der Waals surface area contributed by atoms with Gasteiger partial charge in [-0.2, -0.15) is 18.3 Å². The van der Waals surface area contributed by atoms with E-state index in [4.69, 9.17) is 0 Å². The van der Waals surface area contributed by atoms with Crippen LogP contribution in [0.1, 0.15) is 59.1 Å². The zero-order chi connectivity index (χ0) is 21.9. The minimum Gasteiger partial charge on any atom is -0.478 e. The second-order valence-electron chi connectivity index (χ2n) is 7.27. The number of halogens is 3. The zero-order valence-electron chi connectivity index (χ0n) is 16.8. The van der Waals surface area contributed by atoms with Gasteiger partial charge >= 0.3 is 12.1 Å². The van der Waals surface area contributed by atoms with Gasteiger partial charge in [0.1, 0.15) is 5.56 Å². The van der Waals surface area contributed by atoms with Crippen molar-refractivity contribution >= 4 is 5.97 Å². The Morgan fingerprint density at radius 1 is 1.10 bits per heavy atom. The number of carboxylic acids is 1. The van der Waals surface area contributed by atoms with Crippen LogP contribution in [0.4, 0.5) is 13.2 Å². The van der Waals surface area contributed by atoms with Gasteiger partial charge in [-0.05, 0) is 36.5 Å². The number of carboxylic acid groups (broad SMARTS) is 1. The summed E-state index contributed by atoms with van der Waals surface area (Å²) in [6, 6.07) is 14.7. The average molecular weight is 416 g/mol. The van der Waals surface area contributed by atoms with E-state index >= 15 is 0 Å². The van der Waals surface area contributed by atoms with Crippen molar-refractivity contribution < 1.29 is 23.1 Å². The summed E-state index contributed by atoms with van der Waals surface area (Å²) in [4.78, 5) is 12.1. The van der Waals surface area contributed by atoms with E-state index in [1.807, 2.05) is 44.2 Å². The number of aromatic carboxylic acids is 1. The third-order valence-electron chi connectivity index (χ3n) is 5.06. The molecule has 1 unspecified atom stereocenters. The van der Waals surface area contributed by atoms with Crippen LogP contribution in [-0.2, 0) is 19.0 Å². The highest BCUT2D eigenvalue weighted by atomic mass is 19.4. The molecule has 7 heteroatoms. The summed E-state index contributed by atoms with van der Waals surface area (Å²) in [5.41, 5.74) is 0.586. The first-order chi connectivity index (χ1) is 14.2. The van der Waals surface area contributed by atoms with Crippen LogP contribution in [0.2, 0.25) is 0 Å². The third-order valence-corrected chi connectivity index (χ3v) is 5.06.